The van der Waals surface area contributed by atoms with E-state index in [1.165, 1.54) is 10.4 Å². The fourth-order valence-corrected chi connectivity index (χ4v) is 4.98. The average molecular weight is 384 g/mol. The molecule has 0 amide bonds. The van der Waals surface area contributed by atoms with Crippen LogP contribution in [-0.2, 0) is 12.8 Å². The van der Waals surface area contributed by atoms with Gasteiger partial charge in [0.1, 0.15) is 16.8 Å². The number of nitrogens with zero attached hydrogens (tertiary/aromatic N) is 3. The summed E-state index contributed by atoms with van der Waals surface area (Å²) >= 11 is 1.68. The second-order valence-electron chi connectivity index (χ2n) is 8.21. The fraction of sp³-hybridized carbons (Fsp3) is 0.545. The molecule has 0 N–H and O–H groups in total. The lowest BCUT2D eigenvalue weighted by Gasteiger charge is -2.33. The minimum absolute atomic E-state index is 0.299. The quantitative estimate of drug-likeness (QED) is 0.599. The highest BCUT2D eigenvalue weighted by molar-refractivity contribution is 7.16. The normalized spacial score (nSPS) is 17.1. The van der Waals surface area contributed by atoms with Crippen molar-refractivity contribution in [3.8, 4) is 6.07 Å². The van der Waals surface area contributed by atoms with Crippen LogP contribution in [0.15, 0.2) is 21.5 Å². The summed E-state index contributed by atoms with van der Waals surface area (Å²) in [5, 5.41) is 10.5. The monoisotopic (exact) mass is 383 g/mol. The first-order valence-electron chi connectivity index (χ1n) is 9.80. The van der Waals surface area contributed by atoms with Gasteiger partial charge >= 0.3 is 0 Å². The molecule has 4 nitrogen and oxygen atoms in total. The van der Waals surface area contributed by atoms with Crippen LogP contribution in [0.25, 0.3) is 0 Å². The van der Waals surface area contributed by atoms with Gasteiger partial charge in [-0.15, -0.1) is 11.3 Å². The second-order valence-corrected chi connectivity index (χ2v) is 9.29. The highest BCUT2D eigenvalue weighted by Gasteiger charge is 2.32. The van der Waals surface area contributed by atoms with E-state index in [-0.39, 0.29) is 0 Å². The maximum Gasteiger partial charge on any atom is 0.196 e. The molecule has 0 saturated carbocycles. The minimum Gasteiger partial charge on any atom is -0.440 e. The van der Waals surface area contributed by atoms with Crippen LogP contribution in [0.3, 0.4) is 0 Å². The fourth-order valence-electron chi connectivity index (χ4n) is 3.76. The molecule has 0 unspecified atom stereocenters. The Bertz CT molecular complexity index is 859. The van der Waals surface area contributed by atoms with Crippen molar-refractivity contribution in [3.63, 3.8) is 0 Å². The van der Waals surface area contributed by atoms with Crippen LogP contribution in [0.1, 0.15) is 62.8 Å². The molecule has 27 heavy (non-hydrogen) atoms. The van der Waals surface area contributed by atoms with Crippen molar-refractivity contribution in [1.29, 1.82) is 5.26 Å². The summed E-state index contributed by atoms with van der Waals surface area (Å²) in [5.41, 5.74) is 2.28. The third kappa shape index (κ3) is 4.11. The lowest BCUT2D eigenvalue weighted by Crippen LogP contribution is -2.26. The lowest BCUT2D eigenvalue weighted by molar-refractivity contribution is 0.218. The van der Waals surface area contributed by atoms with Crippen LogP contribution >= 0.6 is 11.3 Å². The van der Waals surface area contributed by atoms with E-state index in [2.05, 4.69) is 50.6 Å². The summed E-state index contributed by atoms with van der Waals surface area (Å²) in [6, 6.07) is 6.31. The Morgan fingerprint density at radius 3 is 2.70 bits per heavy atom. The van der Waals surface area contributed by atoms with E-state index >= 15 is 0 Å². The van der Waals surface area contributed by atoms with Gasteiger partial charge in [-0.2, -0.15) is 5.26 Å². The van der Waals surface area contributed by atoms with Crippen LogP contribution in [0.2, 0.25) is 0 Å². The third-order valence-corrected chi connectivity index (χ3v) is 6.74. The number of furan rings is 1. The number of rotatable bonds is 5. The molecule has 1 aliphatic carbocycles. The number of nitriles is 1. The van der Waals surface area contributed by atoms with Crippen LogP contribution in [0, 0.1) is 22.7 Å². The zero-order valence-electron chi connectivity index (χ0n) is 17.0. The van der Waals surface area contributed by atoms with Crippen molar-refractivity contribution in [3.05, 3.63) is 33.9 Å². The maximum atomic E-state index is 9.68. The second kappa shape index (κ2) is 7.90. The molecule has 2 aromatic heterocycles. The molecule has 0 radical (unpaired) electrons. The van der Waals surface area contributed by atoms with E-state index in [9.17, 15) is 5.26 Å². The average Bonchev–Trinajstić information content (AvgIpc) is 3.23. The van der Waals surface area contributed by atoms with E-state index < -0.39 is 0 Å². The highest BCUT2D eigenvalue weighted by Crippen LogP contribution is 2.44. The van der Waals surface area contributed by atoms with Crippen LogP contribution in [0.5, 0.6) is 0 Å². The van der Waals surface area contributed by atoms with Gasteiger partial charge in [-0.05, 0) is 56.1 Å². The van der Waals surface area contributed by atoms with Gasteiger partial charge in [-0.25, -0.2) is 4.99 Å². The van der Waals surface area contributed by atoms with Crippen molar-refractivity contribution < 1.29 is 4.42 Å². The van der Waals surface area contributed by atoms with E-state index in [0.717, 1.165) is 54.6 Å². The molecule has 0 aromatic carbocycles. The molecule has 0 spiro atoms. The maximum absolute atomic E-state index is 9.68. The number of anilines is 1. The molecule has 1 atom stereocenters. The number of hydrogen-bond donors (Lipinski definition) is 0. The van der Waals surface area contributed by atoms with Gasteiger partial charge in [0.15, 0.2) is 5.88 Å². The van der Waals surface area contributed by atoms with Crippen LogP contribution in [0.4, 0.5) is 10.9 Å². The lowest BCUT2D eigenvalue weighted by atomic mass is 9.72. The molecule has 2 heterocycles. The Kier molecular flexibility index (Phi) is 5.76. The molecule has 144 valence electrons. The summed E-state index contributed by atoms with van der Waals surface area (Å²) in [7, 11) is 0. The number of thiophene rings is 1. The van der Waals surface area contributed by atoms with Gasteiger partial charge in [0, 0.05) is 24.0 Å². The van der Waals surface area contributed by atoms with Gasteiger partial charge in [0.05, 0.1) is 11.8 Å². The molecule has 3 rings (SSSR count). The summed E-state index contributed by atoms with van der Waals surface area (Å²) in [6.45, 7) is 13.0. The predicted octanol–water partition coefficient (Wildman–Crippen LogP) is 5.96. The minimum atomic E-state index is 0.299. The Morgan fingerprint density at radius 2 is 2.07 bits per heavy atom. The molecular weight excluding hydrogens is 354 g/mol. The van der Waals surface area contributed by atoms with E-state index in [1.807, 2.05) is 12.1 Å². The molecule has 0 bridgehead atoms. The first-order valence-corrected chi connectivity index (χ1v) is 10.6. The number of hydrogen-bond acceptors (Lipinski definition) is 5. The van der Waals surface area contributed by atoms with Gasteiger partial charge in [0.2, 0.25) is 0 Å². The summed E-state index contributed by atoms with van der Waals surface area (Å²) < 4.78 is 5.88. The molecular formula is C22H29N3OS. The Morgan fingerprint density at radius 1 is 1.33 bits per heavy atom. The van der Waals surface area contributed by atoms with Crippen molar-refractivity contribution in [2.75, 3.05) is 18.0 Å². The number of aliphatic imine (C=N–C) groups is 1. The smallest absolute Gasteiger partial charge is 0.196 e. The SMILES string of the molecule is CCN(CC)c1ccc(C=Nc2sc3c(c2C#N)CC[C@@H](C(C)(C)C)C3)o1. The summed E-state index contributed by atoms with van der Waals surface area (Å²) in [5.74, 6) is 2.24. The molecule has 5 heteroatoms. The molecule has 0 saturated heterocycles. The van der Waals surface area contributed by atoms with Crippen molar-refractivity contribution in [2.45, 2.75) is 53.9 Å². The van der Waals surface area contributed by atoms with E-state index in [0.29, 0.717) is 11.3 Å². The van der Waals surface area contributed by atoms with Crippen molar-refractivity contribution in [2.24, 2.45) is 16.3 Å². The molecule has 0 aliphatic heterocycles. The van der Waals surface area contributed by atoms with Gasteiger partial charge in [-0.1, -0.05) is 20.8 Å². The zero-order valence-corrected chi connectivity index (χ0v) is 17.8. The van der Waals surface area contributed by atoms with Crippen molar-refractivity contribution in [1.82, 2.24) is 0 Å². The van der Waals surface area contributed by atoms with Crippen molar-refractivity contribution >= 4 is 28.4 Å². The van der Waals surface area contributed by atoms with E-state index in [1.54, 1.807) is 17.6 Å². The van der Waals surface area contributed by atoms with Crippen LogP contribution in [-0.4, -0.2) is 19.3 Å². The topological polar surface area (TPSA) is 52.5 Å². The van der Waals surface area contributed by atoms with Gasteiger partial charge < -0.3 is 9.32 Å². The van der Waals surface area contributed by atoms with Gasteiger partial charge in [0.25, 0.3) is 0 Å². The largest absolute Gasteiger partial charge is 0.440 e. The predicted molar refractivity (Wildman–Crippen MR) is 114 cm³/mol. The van der Waals surface area contributed by atoms with Gasteiger partial charge in [-0.3, -0.25) is 0 Å². The molecule has 0 fully saturated rings. The standard InChI is InChI=1S/C22H29N3OS/c1-6-25(7-2)20-11-9-16(26-20)14-24-21-18(13-23)17-10-8-15(22(3,4)5)12-19(17)27-21/h9,11,14-15H,6-8,10,12H2,1-5H3/t15-/m1/s1. The van der Waals surface area contributed by atoms with E-state index in [4.69, 9.17) is 4.42 Å². The molecule has 1 aliphatic rings. The zero-order chi connectivity index (χ0) is 19.6. The third-order valence-electron chi connectivity index (χ3n) is 5.58. The highest BCUT2D eigenvalue weighted by atomic mass is 32.1. The number of fused-ring (bicyclic) bond motifs is 1. The Labute approximate surface area is 166 Å². The molecule has 2 aromatic rings. The summed E-state index contributed by atoms with van der Waals surface area (Å²) in [4.78, 5) is 8.12. The Balaban J connectivity index is 1.83. The van der Waals surface area contributed by atoms with Crippen LogP contribution < -0.4 is 4.90 Å². The first kappa shape index (κ1) is 19.7. The summed E-state index contributed by atoms with van der Waals surface area (Å²) in [6.07, 6.45) is 4.93. The Hall–Kier alpha value is -2.06. The first-order chi connectivity index (χ1) is 12.9.